The molecule has 2 aromatic rings. The van der Waals surface area contributed by atoms with Gasteiger partial charge in [-0.15, -0.1) is 0 Å². The van der Waals surface area contributed by atoms with Crippen molar-refractivity contribution in [2.24, 2.45) is 7.05 Å². The molecule has 0 aliphatic rings. The number of nitrogens with zero attached hydrogens (tertiary/aromatic N) is 3. The Morgan fingerprint density at radius 3 is 2.62 bits per heavy atom. The van der Waals surface area contributed by atoms with Crippen LogP contribution in [0.4, 0.5) is 0 Å². The van der Waals surface area contributed by atoms with E-state index < -0.39 is 0 Å². The van der Waals surface area contributed by atoms with Crippen molar-refractivity contribution in [3.8, 4) is 11.3 Å². The van der Waals surface area contributed by atoms with Crippen LogP contribution in [-0.4, -0.2) is 20.0 Å². The molecule has 2 aromatic heterocycles. The molecule has 0 saturated carbocycles. The van der Waals surface area contributed by atoms with Crippen LogP contribution in [0.5, 0.6) is 0 Å². The van der Waals surface area contributed by atoms with Crippen molar-refractivity contribution >= 4 is 0 Å². The Morgan fingerprint density at radius 1 is 1.19 bits per heavy atom. The minimum Gasteiger partial charge on any atom is -0.285 e. The van der Waals surface area contributed by atoms with E-state index in [0.717, 1.165) is 11.3 Å². The van der Waals surface area contributed by atoms with Crippen molar-refractivity contribution in [1.82, 2.24) is 20.0 Å². The summed E-state index contributed by atoms with van der Waals surface area (Å²) in [6, 6.07) is 2.24. The van der Waals surface area contributed by atoms with Crippen LogP contribution >= 0.6 is 0 Å². The fraction of sp³-hybridized carbons (Fsp3) is 0.647. The van der Waals surface area contributed by atoms with E-state index in [4.69, 9.17) is 0 Å². The first-order valence-corrected chi connectivity index (χ1v) is 8.14. The lowest BCUT2D eigenvalue weighted by Crippen LogP contribution is -2.25. The Hall–Kier alpha value is -1.58. The zero-order valence-corrected chi connectivity index (χ0v) is 13.8. The first-order chi connectivity index (χ1) is 10.1. The smallest absolute Gasteiger partial charge is 0.0957 e. The highest BCUT2D eigenvalue weighted by Gasteiger charge is 2.29. The van der Waals surface area contributed by atoms with Gasteiger partial charge in [0.1, 0.15) is 0 Å². The number of aromatic amines is 1. The van der Waals surface area contributed by atoms with E-state index in [9.17, 15) is 0 Å². The van der Waals surface area contributed by atoms with Gasteiger partial charge in [0.2, 0.25) is 0 Å². The molecule has 1 N–H and O–H groups in total. The number of rotatable bonds is 8. The average molecular weight is 288 g/mol. The molecular weight excluding hydrogens is 260 g/mol. The van der Waals surface area contributed by atoms with Gasteiger partial charge in [0, 0.05) is 29.9 Å². The summed E-state index contributed by atoms with van der Waals surface area (Å²) in [5, 5.41) is 11.6. The molecule has 1 unspecified atom stereocenters. The van der Waals surface area contributed by atoms with Gasteiger partial charge in [0.05, 0.1) is 11.9 Å². The Morgan fingerprint density at radius 2 is 2.00 bits per heavy atom. The third-order valence-electron chi connectivity index (χ3n) is 4.43. The fourth-order valence-electron chi connectivity index (χ4n) is 3.26. The lowest BCUT2D eigenvalue weighted by molar-refractivity contribution is 0.355. The van der Waals surface area contributed by atoms with Gasteiger partial charge < -0.3 is 0 Å². The molecule has 4 nitrogen and oxygen atoms in total. The predicted octanol–water partition coefficient (Wildman–Crippen LogP) is 4.45. The highest BCUT2D eigenvalue weighted by molar-refractivity contribution is 5.57. The zero-order chi connectivity index (χ0) is 15.3. The Balaban J connectivity index is 2.27. The van der Waals surface area contributed by atoms with Crippen LogP contribution in [-0.2, 0) is 12.5 Å². The number of H-pyrrole nitrogens is 1. The van der Waals surface area contributed by atoms with Crippen LogP contribution in [0.2, 0.25) is 0 Å². The summed E-state index contributed by atoms with van der Waals surface area (Å²) in [4.78, 5) is 0. The summed E-state index contributed by atoms with van der Waals surface area (Å²) in [6.45, 7) is 6.92. The standard InChI is InChI=1S/C17H28N4/c1-5-7-8-10-17(3,9-6-2)16-11-15(20-21(16)4)14-12-18-19-13-14/h11-13H,5-10H2,1-4H3,(H,18,19). The number of hydrogen-bond donors (Lipinski definition) is 1. The van der Waals surface area contributed by atoms with Crippen molar-refractivity contribution in [2.75, 3.05) is 0 Å². The second-order valence-corrected chi connectivity index (χ2v) is 6.29. The molecule has 0 aliphatic carbocycles. The van der Waals surface area contributed by atoms with E-state index >= 15 is 0 Å². The number of aryl methyl sites for hydroxylation is 1. The SMILES string of the molecule is CCCCCC(C)(CCC)c1cc(-c2cn[nH]c2)nn1C. The van der Waals surface area contributed by atoms with Gasteiger partial charge in [-0.1, -0.05) is 46.5 Å². The van der Waals surface area contributed by atoms with Crippen LogP contribution in [0.25, 0.3) is 11.3 Å². The van der Waals surface area contributed by atoms with E-state index in [1.165, 1.54) is 44.2 Å². The van der Waals surface area contributed by atoms with Gasteiger partial charge in [-0.05, 0) is 18.9 Å². The molecule has 4 heteroatoms. The Bertz CT molecular complexity index is 541. The zero-order valence-electron chi connectivity index (χ0n) is 13.8. The van der Waals surface area contributed by atoms with Crippen LogP contribution in [0.15, 0.2) is 18.5 Å². The third-order valence-corrected chi connectivity index (χ3v) is 4.43. The lowest BCUT2D eigenvalue weighted by Gasteiger charge is -2.29. The second-order valence-electron chi connectivity index (χ2n) is 6.29. The molecule has 116 valence electrons. The molecule has 0 bridgehead atoms. The van der Waals surface area contributed by atoms with E-state index in [1.54, 1.807) is 0 Å². The lowest BCUT2D eigenvalue weighted by atomic mass is 9.77. The summed E-state index contributed by atoms with van der Waals surface area (Å²) in [5.41, 5.74) is 3.63. The van der Waals surface area contributed by atoms with E-state index in [0.29, 0.717) is 0 Å². The van der Waals surface area contributed by atoms with Crippen molar-refractivity contribution in [2.45, 2.75) is 64.7 Å². The number of aromatic nitrogens is 4. The summed E-state index contributed by atoms with van der Waals surface area (Å²) in [5.74, 6) is 0. The van der Waals surface area contributed by atoms with Gasteiger partial charge in [0.25, 0.3) is 0 Å². The topological polar surface area (TPSA) is 46.5 Å². The van der Waals surface area contributed by atoms with Gasteiger partial charge >= 0.3 is 0 Å². The van der Waals surface area contributed by atoms with Crippen LogP contribution in [0, 0.1) is 0 Å². The van der Waals surface area contributed by atoms with E-state index in [1.807, 2.05) is 12.4 Å². The number of unbranched alkanes of at least 4 members (excludes halogenated alkanes) is 2. The Labute approximate surface area is 128 Å². The second kappa shape index (κ2) is 6.92. The first-order valence-electron chi connectivity index (χ1n) is 8.14. The summed E-state index contributed by atoms with van der Waals surface area (Å²) in [6.07, 6.45) is 11.3. The van der Waals surface area contributed by atoms with Gasteiger partial charge in [0.15, 0.2) is 0 Å². The maximum atomic E-state index is 4.69. The van der Waals surface area contributed by atoms with Crippen molar-refractivity contribution < 1.29 is 0 Å². The maximum absolute atomic E-state index is 4.69. The summed E-state index contributed by atoms with van der Waals surface area (Å²) in [7, 11) is 2.06. The van der Waals surface area contributed by atoms with Crippen LogP contribution in [0.3, 0.4) is 0 Å². The van der Waals surface area contributed by atoms with Gasteiger partial charge in [-0.25, -0.2) is 0 Å². The minimum absolute atomic E-state index is 0.216. The molecule has 0 radical (unpaired) electrons. The van der Waals surface area contributed by atoms with Crippen molar-refractivity contribution in [3.05, 3.63) is 24.2 Å². The fourth-order valence-corrected chi connectivity index (χ4v) is 3.26. The molecule has 21 heavy (non-hydrogen) atoms. The molecule has 0 saturated heterocycles. The molecule has 0 aliphatic heterocycles. The molecule has 2 heterocycles. The maximum Gasteiger partial charge on any atom is 0.0957 e. The van der Waals surface area contributed by atoms with Crippen molar-refractivity contribution in [3.63, 3.8) is 0 Å². The molecular formula is C17H28N4. The normalized spacial score (nSPS) is 14.3. The van der Waals surface area contributed by atoms with E-state index in [-0.39, 0.29) is 5.41 Å². The van der Waals surface area contributed by atoms with E-state index in [2.05, 4.69) is 53.9 Å². The average Bonchev–Trinajstić information content (AvgIpc) is 3.08. The molecule has 2 rings (SSSR count). The Kier molecular flexibility index (Phi) is 5.21. The van der Waals surface area contributed by atoms with Crippen LogP contribution in [0.1, 0.15) is 65.0 Å². The van der Waals surface area contributed by atoms with Crippen molar-refractivity contribution in [1.29, 1.82) is 0 Å². The van der Waals surface area contributed by atoms with Crippen LogP contribution < -0.4 is 0 Å². The number of nitrogens with one attached hydrogen (secondary N) is 1. The minimum atomic E-state index is 0.216. The third kappa shape index (κ3) is 3.55. The summed E-state index contributed by atoms with van der Waals surface area (Å²) < 4.78 is 2.06. The molecule has 1 atom stereocenters. The largest absolute Gasteiger partial charge is 0.285 e. The quantitative estimate of drug-likeness (QED) is 0.729. The highest BCUT2D eigenvalue weighted by atomic mass is 15.3. The van der Waals surface area contributed by atoms with Gasteiger partial charge in [-0.2, -0.15) is 10.2 Å². The highest BCUT2D eigenvalue weighted by Crippen LogP contribution is 2.36. The molecule has 0 spiro atoms. The number of hydrogen-bond acceptors (Lipinski definition) is 2. The summed E-state index contributed by atoms with van der Waals surface area (Å²) >= 11 is 0. The molecule has 0 amide bonds. The first kappa shape index (κ1) is 15.8. The monoisotopic (exact) mass is 288 g/mol. The van der Waals surface area contributed by atoms with Gasteiger partial charge in [-0.3, -0.25) is 9.78 Å². The predicted molar refractivity (Wildman–Crippen MR) is 87.2 cm³/mol. The molecule has 0 aromatic carbocycles. The molecule has 0 fully saturated rings.